The largest absolute Gasteiger partial charge is 0.322 e. The van der Waals surface area contributed by atoms with Gasteiger partial charge in [-0.25, -0.2) is 4.98 Å². The second kappa shape index (κ2) is 7.40. The van der Waals surface area contributed by atoms with Crippen LogP contribution in [0.2, 0.25) is 5.02 Å². The minimum atomic E-state index is 0.302. The van der Waals surface area contributed by atoms with E-state index in [-0.39, 0.29) is 0 Å². The number of hydrogen-bond donors (Lipinski definition) is 0. The summed E-state index contributed by atoms with van der Waals surface area (Å²) in [6.07, 6.45) is 0. The molecule has 0 spiro atoms. The maximum Gasteiger partial charge on any atom is 0.127 e. The maximum absolute atomic E-state index is 6.21. The smallest absolute Gasteiger partial charge is 0.127 e. The van der Waals surface area contributed by atoms with E-state index in [9.17, 15) is 0 Å². The van der Waals surface area contributed by atoms with Crippen LogP contribution in [0.1, 0.15) is 24.4 Å². The molecule has 4 rings (SSSR count). The van der Waals surface area contributed by atoms with E-state index >= 15 is 0 Å². The fraction of sp³-hybridized carbons (Fsp3) is 0.350. The van der Waals surface area contributed by atoms with Crippen LogP contribution >= 0.6 is 23.4 Å². The number of fused-ring (bicyclic) bond motifs is 1. The molecule has 0 saturated carbocycles. The van der Waals surface area contributed by atoms with Crippen LogP contribution in [-0.4, -0.2) is 39.0 Å². The normalized spacial score (nSPS) is 17.0. The van der Waals surface area contributed by atoms with Gasteiger partial charge in [0.15, 0.2) is 0 Å². The first-order valence-electron chi connectivity index (χ1n) is 8.74. The third-order valence-corrected chi connectivity index (χ3v) is 6.07. The number of halogens is 1. The topological polar surface area (TPSA) is 21.1 Å². The predicted octanol–water partition coefficient (Wildman–Crippen LogP) is 4.85. The van der Waals surface area contributed by atoms with Gasteiger partial charge in [0.25, 0.3) is 0 Å². The van der Waals surface area contributed by atoms with Gasteiger partial charge in [0.05, 0.1) is 17.1 Å². The quantitative estimate of drug-likeness (QED) is 0.654. The van der Waals surface area contributed by atoms with Gasteiger partial charge < -0.3 is 4.57 Å². The van der Waals surface area contributed by atoms with Gasteiger partial charge in [0, 0.05) is 36.2 Å². The van der Waals surface area contributed by atoms with Crippen LogP contribution in [0.5, 0.6) is 0 Å². The highest BCUT2D eigenvalue weighted by Gasteiger charge is 2.24. The Kier molecular flexibility index (Phi) is 5.02. The SMILES string of the molecule is CC(c1nc2cc(Cl)ccc2n1Cc1ccccc1)N1CCSCC1. The van der Waals surface area contributed by atoms with Gasteiger partial charge in [-0.1, -0.05) is 41.9 Å². The van der Waals surface area contributed by atoms with Crippen LogP contribution < -0.4 is 0 Å². The van der Waals surface area contributed by atoms with Crippen LogP contribution in [0.4, 0.5) is 0 Å². The summed E-state index contributed by atoms with van der Waals surface area (Å²) in [6, 6.07) is 16.9. The Morgan fingerprint density at radius 1 is 1.12 bits per heavy atom. The number of benzene rings is 2. The van der Waals surface area contributed by atoms with Crippen LogP contribution in [0.3, 0.4) is 0 Å². The molecule has 0 amide bonds. The zero-order chi connectivity index (χ0) is 17.2. The molecule has 0 radical (unpaired) electrons. The zero-order valence-electron chi connectivity index (χ0n) is 14.4. The molecular formula is C20H22ClN3S. The van der Waals surface area contributed by atoms with E-state index in [1.165, 1.54) is 17.1 Å². The lowest BCUT2D eigenvalue weighted by molar-refractivity contribution is 0.221. The summed E-state index contributed by atoms with van der Waals surface area (Å²) >= 11 is 8.25. The number of hydrogen-bond acceptors (Lipinski definition) is 3. The zero-order valence-corrected chi connectivity index (χ0v) is 15.9. The fourth-order valence-electron chi connectivity index (χ4n) is 3.50. The number of nitrogens with zero attached hydrogens (tertiary/aromatic N) is 3. The van der Waals surface area contributed by atoms with Crippen molar-refractivity contribution in [3.8, 4) is 0 Å². The second-order valence-corrected chi connectivity index (χ2v) is 8.16. The van der Waals surface area contributed by atoms with Gasteiger partial charge in [-0.15, -0.1) is 0 Å². The molecule has 1 unspecified atom stereocenters. The Balaban J connectivity index is 1.77. The number of aromatic nitrogens is 2. The Hall–Kier alpha value is -1.49. The lowest BCUT2D eigenvalue weighted by Gasteiger charge is -2.32. The molecule has 3 nitrogen and oxygen atoms in total. The van der Waals surface area contributed by atoms with Crippen molar-refractivity contribution in [3.63, 3.8) is 0 Å². The molecule has 1 fully saturated rings. The van der Waals surface area contributed by atoms with E-state index in [1.54, 1.807) is 0 Å². The molecule has 1 aromatic heterocycles. The fourth-order valence-corrected chi connectivity index (χ4v) is 4.60. The molecule has 2 heterocycles. The molecule has 25 heavy (non-hydrogen) atoms. The maximum atomic E-state index is 6.21. The lowest BCUT2D eigenvalue weighted by atomic mass is 10.2. The average molecular weight is 372 g/mol. The van der Waals surface area contributed by atoms with Crippen molar-refractivity contribution < 1.29 is 0 Å². The Morgan fingerprint density at radius 2 is 1.88 bits per heavy atom. The summed E-state index contributed by atoms with van der Waals surface area (Å²) in [4.78, 5) is 7.52. The molecule has 0 bridgehead atoms. The van der Waals surface area contributed by atoms with Gasteiger partial charge in [0.2, 0.25) is 0 Å². The van der Waals surface area contributed by atoms with Gasteiger partial charge in [0.1, 0.15) is 5.82 Å². The molecule has 1 saturated heterocycles. The van der Waals surface area contributed by atoms with E-state index in [0.717, 1.165) is 41.5 Å². The third kappa shape index (κ3) is 3.57. The summed E-state index contributed by atoms with van der Waals surface area (Å²) in [5.41, 5.74) is 3.43. The number of imidazole rings is 1. The second-order valence-electron chi connectivity index (χ2n) is 6.50. The Bertz CT molecular complexity index is 856. The van der Waals surface area contributed by atoms with E-state index in [0.29, 0.717) is 6.04 Å². The van der Waals surface area contributed by atoms with E-state index < -0.39 is 0 Å². The van der Waals surface area contributed by atoms with Crippen molar-refractivity contribution in [3.05, 3.63) is 64.9 Å². The van der Waals surface area contributed by atoms with Gasteiger partial charge in [-0.2, -0.15) is 11.8 Å². The van der Waals surface area contributed by atoms with Crippen LogP contribution in [0, 0.1) is 0 Å². The standard InChI is InChI=1S/C20H22ClN3S/c1-15(23-9-11-25-12-10-23)20-22-18-13-17(21)7-8-19(18)24(20)14-16-5-3-2-4-6-16/h2-8,13,15H,9-12,14H2,1H3. The number of thioether (sulfide) groups is 1. The lowest BCUT2D eigenvalue weighted by Crippen LogP contribution is -2.36. The average Bonchev–Trinajstić information content (AvgIpc) is 3.00. The van der Waals surface area contributed by atoms with Crippen molar-refractivity contribution in [2.24, 2.45) is 0 Å². The van der Waals surface area contributed by atoms with E-state index in [2.05, 4.69) is 52.8 Å². The highest BCUT2D eigenvalue weighted by atomic mass is 35.5. The summed E-state index contributed by atoms with van der Waals surface area (Å²) in [5.74, 6) is 3.54. The van der Waals surface area contributed by atoms with E-state index in [1.807, 2.05) is 23.9 Å². The molecule has 0 N–H and O–H groups in total. The first-order valence-corrected chi connectivity index (χ1v) is 10.3. The van der Waals surface area contributed by atoms with Gasteiger partial charge in [-0.05, 0) is 30.7 Å². The molecule has 0 aliphatic carbocycles. The van der Waals surface area contributed by atoms with Crippen LogP contribution in [-0.2, 0) is 6.54 Å². The minimum absolute atomic E-state index is 0.302. The predicted molar refractivity (Wildman–Crippen MR) is 108 cm³/mol. The first-order chi connectivity index (χ1) is 12.2. The molecule has 5 heteroatoms. The first kappa shape index (κ1) is 17.0. The molecular weight excluding hydrogens is 350 g/mol. The monoisotopic (exact) mass is 371 g/mol. The van der Waals surface area contributed by atoms with Crippen molar-refractivity contribution in [1.29, 1.82) is 0 Å². The minimum Gasteiger partial charge on any atom is -0.322 e. The summed E-state index contributed by atoms with van der Waals surface area (Å²) in [7, 11) is 0. The van der Waals surface area contributed by atoms with Crippen LogP contribution in [0.25, 0.3) is 11.0 Å². The molecule has 1 aliphatic rings. The van der Waals surface area contributed by atoms with Crippen molar-refractivity contribution in [1.82, 2.24) is 14.5 Å². The Morgan fingerprint density at radius 3 is 2.64 bits per heavy atom. The molecule has 2 aromatic carbocycles. The molecule has 130 valence electrons. The molecule has 1 atom stereocenters. The highest BCUT2D eigenvalue weighted by Crippen LogP contribution is 2.29. The summed E-state index contributed by atoms with van der Waals surface area (Å²) in [5, 5.41) is 0.741. The van der Waals surface area contributed by atoms with Gasteiger partial charge in [-0.3, -0.25) is 4.90 Å². The van der Waals surface area contributed by atoms with Gasteiger partial charge >= 0.3 is 0 Å². The molecule has 1 aliphatic heterocycles. The van der Waals surface area contributed by atoms with Crippen molar-refractivity contribution >= 4 is 34.4 Å². The third-order valence-electron chi connectivity index (χ3n) is 4.89. The van der Waals surface area contributed by atoms with Crippen molar-refractivity contribution in [2.75, 3.05) is 24.6 Å². The van der Waals surface area contributed by atoms with E-state index in [4.69, 9.17) is 16.6 Å². The Labute approximate surface area is 158 Å². The van der Waals surface area contributed by atoms with Crippen LogP contribution in [0.15, 0.2) is 48.5 Å². The molecule has 3 aromatic rings. The number of rotatable bonds is 4. The summed E-state index contributed by atoms with van der Waals surface area (Å²) in [6.45, 7) is 5.36. The summed E-state index contributed by atoms with van der Waals surface area (Å²) < 4.78 is 2.35. The van der Waals surface area contributed by atoms with Crippen molar-refractivity contribution in [2.45, 2.75) is 19.5 Å². The highest BCUT2D eigenvalue weighted by molar-refractivity contribution is 7.99.